The minimum absolute atomic E-state index is 0.00893. The summed E-state index contributed by atoms with van der Waals surface area (Å²) in [7, 11) is 6.45. The second-order valence-electron chi connectivity index (χ2n) is 35.4. The molecular weight excluding hydrogens is 1800 g/mol. The third-order valence-corrected chi connectivity index (χ3v) is 29.5. The van der Waals surface area contributed by atoms with Crippen LogP contribution in [0.15, 0.2) is 89.4 Å². The fourth-order valence-electron chi connectivity index (χ4n) is 20.9. The maximum absolute atomic E-state index is 15.7. The molecule has 7 heterocycles. The molecule has 0 radical (unpaired) electrons. The van der Waals surface area contributed by atoms with E-state index in [1.165, 1.54) is 44.7 Å². The maximum atomic E-state index is 15.7. The van der Waals surface area contributed by atoms with Crippen molar-refractivity contribution in [1.29, 1.82) is 5.41 Å². The van der Waals surface area contributed by atoms with Gasteiger partial charge in [0.15, 0.2) is 34.3 Å². The van der Waals surface area contributed by atoms with Crippen LogP contribution < -0.4 is 64.1 Å². The number of carboxylic acids is 5. The molecule has 5 amide bonds. The lowest BCUT2D eigenvalue weighted by molar-refractivity contribution is -0.204. The molecule has 2 aromatic heterocycles. The van der Waals surface area contributed by atoms with Gasteiger partial charge < -0.3 is 98.0 Å². The van der Waals surface area contributed by atoms with Crippen LogP contribution in [-0.4, -0.2) is 286 Å². The predicted molar refractivity (Wildman–Crippen MR) is 488 cm³/mol. The monoisotopic (exact) mass is 1910 g/mol. The Morgan fingerprint density at radius 2 is 1.44 bits per heavy atom. The molecule has 2 bridgehead atoms. The number of esters is 1. The number of carboxylic acid groups (broad SMARTS) is 5. The van der Waals surface area contributed by atoms with Gasteiger partial charge in [0.05, 0.1) is 93.4 Å². The number of hydrogen-bond acceptors (Lipinski definition) is 32. The van der Waals surface area contributed by atoms with Crippen LogP contribution in [0.3, 0.4) is 0 Å². The van der Waals surface area contributed by atoms with E-state index < -0.39 is 234 Å². The van der Waals surface area contributed by atoms with Crippen molar-refractivity contribution < 1.29 is 122 Å². The van der Waals surface area contributed by atoms with Crippen LogP contribution in [0.1, 0.15) is 155 Å². The molecule has 7 aliphatic rings. The first kappa shape index (κ1) is 101. The maximum Gasteiger partial charge on any atom is 0.426 e. The van der Waals surface area contributed by atoms with Crippen LogP contribution in [-0.2, 0) is 90.8 Å². The van der Waals surface area contributed by atoms with Crippen LogP contribution in [0.25, 0.3) is 16.7 Å². The molecule has 5 aliphatic heterocycles. The number of ketones is 3. The highest BCUT2D eigenvalue weighted by Crippen LogP contribution is 2.68. The van der Waals surface area contributed by atoms with Crippen LogP contribution in [0, 0.1) is 34.5 Å². The summed E-state index contributed by atoms with van der Waals surface area (Å²) in [5.41, 5.74) is 13.7. The molecular formula is C90H113N17O26S2. The average Bonchev–Trinajstić information content (AvgIpc) is 1.48. The number of amides is 5. The van der Waals surface area contributed by atoms with E-state index in [4.69, 9.17) is 31.1 Å². The molecule has 3 aromatic carbocycles. The molecule has 3 fully saturated rings. The summed E-state index contributed by atoms with van der Waals surface area (Å²) in [6, 6.07) is 10.4. The molecule has 2 unspecified atom stereocenters. The molecule has 135 heavy (non-hydrogen) atoms. The summed E-state index contributed by atoms with van der Waals surface area (Å²) in [5.74, 6) is -22.6. The van der Waals surface area contributed by atoms with Crippen molar-refractivity contribution in [3.63, 3.8) is 0 Å². The van der Waals surface area contributed by atoms with Crippen molar-refractivity contribution >= 4 is 144 Å². The number of nitrogens with two attached hydrogens (primary N) is 2. The number of aromatic nitrogens is 4. The fraction of sp³-hybridized carbons (Fsp3) is 0.522. The van der Waals surface area contributed by atoms with E-state index in [1.54, 1.807) is 11.9 Å². The number of aliphatic carboxylic acids is 5. The highest BCUT2D eigenvalue weighted by Gasteiger charge is 2.79. The molecule has 45 heteroatoms. The van der Waals surface area contributed by atoms with Crippen LogP contribution in [0.5, 0.6) is 5.75 Å². The SMILES string of the molecule is CC[C@]1(O)C[C@H]2CN(CCC3=C(Cc4ccccc43)[C@@](C(=O)OC)(c3cc4c(cc3OC)N(C)[C@@H]3[C@]45CCN4CC=C[C@@](CC)(C(O)[C@]3(O)C(=O)NNC(=O)OCCSSC[C@H](CC(=O)[C@H](CC(=O)O)NC(=O)[C@H](CC(=O)O)CC(=O)[C@H](CCCNC(=N)N)NC(=O)[C@@H](CC(=O)O)CC(=O)CC[C@@H](NC(=O)c3ccc(NCc6cnc7nc(N)[nH]c(=O)c7n6)cc3)C(=O)O)C(=O)O)[C@H]45)C2)C1. The number of likely N-dealkylation sites (N-methyl/N-ethyl adjacent to an activating group) is 1. The molecule has 43 nitrogen and oxygen atoms in total. The number of carbonyl (C=O) groups is 14. The first-order valence-electron chi connectivity index (χ1n) is 44.3. The Bertz CT molecular complexity index is 5590. The number of methoxy groups -OCH3 is 2. The topological polar surface area (TPSA) is 670 Å². The third kappa shape index (κ3) is 21.8. The van der Waals surface area contributed by atoms with E-state index in [9.17, 15) is 103 Å². The molecule has 2 saturated heterocycles. The number of nitrogens with one attached hydrogen (secondary N) is 9. The van der Waals surface area contributed by atoms with E-state index in [1.807, 2.05) is 50.3 Å². The lowest BCUT2D eigenvalue weighted by Crippen LogP contribution is -2.82. The Morgan fingerprint density at radius 3 is 2.11 bits per heavy atom. The zero-order valence-corrected chi connectivity index (χ0v) is 76.6. The number of aliphatic hydroxyl groups is 3. The minimum Gasteiger partial charge on any atom is -0.496 e. The number of hydrogen-bond donors (Lipinski definition) is 19. The lowest BCUT2D eigenvalue weighted by atomic mass is 9.47. The van der Waals surface area contributed by atoms with Gasteiger partial charge >= 0.3 is 41.9 Å². The number of carbonyl (C=O) groups excluding carboxylic acids is 9. The summed E-state index contributed by atoms with van der Waals surface area (Å²) < 4.78 is 17.9. The van der Waals surface area contributed by atoms with Crippen molar-refractivity contribution in [3.8, 4) is 5.75 Å². The number of nitrogens with zero attached hydrogens (tertiary/aromatic N) is 6. The predicted octanol–water partition coefficient (Wildman–Crippen LogP) is 2.07. The van der Waals surface area contributed by atoms with Gasteiger partial charge in [-0.05, 0) is 135 Å². The van der Waals surface area contributed by atoms with Crippen molar-refractivity contribution in [1.82, 2.24) is 61.9 Å². The standard InChI is InChI=1S/C90H113N17O26S2/c1-6-86(129)39-46-40-89(82(127)132-5,57-31-48-12-8-9-13-55(48)56(57)21-26-106(43-46)45-86)59-36-58-63(38-66(59)131-4)105(3)79-88(58)23-27-107-25-11-22-87(7-2,78(88)107)80(125)90(79,130)81(126)103-104-85(128)133-28-29-134-135-44-51(76(121)122)33-65(110)62(37-69(115)116)100-74(119)50(35-68(113)114)32-64(109)60(14-10-24-94-83(91)92)98-73(118)49(34-67(111)112)30-54(108)19-20-61(77(123)124)99-72(117)47-15-17-52(18-16-47)95-41-53-42-96-71-70(97-53)75(120)102-84(93)101-71/h8-9,11-13,15-18,22,36,38,42,46,49-51,60-62,78-80,95,125,129-130H,6-7,10,14,19-21,23-35,37,39-41,43-45H2,1-5H3,(H,98,118)(H,99,117)(H,100,119)(H,103,126)(H,104,128)(H,111,112)(H,113,114)(H,115,116)(H,121,122)(H,123,124)(H4,91,92,94)(H3,93,96,101,102,120)/t46-,49-,50+,51+,60+,61-,62+,78+,79-,80?,86+,87-,88-,89-,90+/m1/s1. The van der Waals surface area contributed by atoms with E-state index in [0.29, 0.717) is 98.8 Å². The van der Waals surface area contributed by atoms with E-state index in [2.05, 4.69) is 79.3 Å². The minimum atomic E-state index is -2.73. The Balaban J connectivity index is 0.656. The number of nitrogen functional groups attached to an aromatic ring is 1. The quantitative estimate of drug-likeness (QED) is 0.00505. The second-order valence-corrected chi connectivity index (χ2v) is 38.1. The van der Waals surface area contributed by atoms with Gasteiger partial charge in [0.1, 0.15) is 35.7 Å². The number of guanidine groups is 1. The number of rotatable bonds is 44. The highest BCUT2D eigenvalue weighted by molar-refractivity contribution is 8.76. The van der Waals surface area contributed by atoms with Crippen molar-refractivity contribution in [2.75, 3.05) is 94.6 Å². The first-order chi connectivity index (χ1) is 64.2. The van der Waals surface area contributed by atoms with Crippen molar-refractivity contribution in [3.05, 3.63) is 128 Å². The summed E-state index contributed by atoms with van der Waals surface area (Å²) in [5, 5.41) is 109. The first-order valence-corrected chi connectivity index (χ1v) is 46.8. The smallest absolute Gasteiger partial charge is 0.426 e. The molecule has 1 saturated carbocycles. The second kappa shape index (κ2) is 42.9. The normalized spacial score (nSPS) is 24.1. The number of hydrazine groups is 1. The van der Waals surface area contributed by atoms with Gasteiger partial charge in [-0.3, -0.25) is 87.9 Å². The number of H-pyrrole nitrogens is 1. The zero-order chi connectivity index (χ0) is 97.9. The van der Waals surface area contributed by atoms with Gasteiger partial charge in [-0.2, -0.15) is 4.98 Å². The van der Waals surface area contributed by atoms with Crippen LogP contribution in [0.4, 0.5) is 22.1 Å². The van der Waals surface area contributed by atoms with E-state index in [-0.39, 0.29) is 78.9 Å². The number of aromatic amines is 1. The molecule has 5 aromatic rings. The van der Waals surface area contributed by atoms with Gasteiger partial charge in [-0.25, -0.2) is 25.0 Å². The van der Waals surface area contributed by atoms with E-state index in [0.717, 1.165) is 43.9 Å². The molecule has 1 spiro atoms. The van der Waals surface area contributed by atoms with Gasteiger partial charge in [0.25, 0.3) is 17.4 Å². The van der Waals surface area contributed by atoms with E-state index >= 15 is 9.59 Å². The van der Waals surface area contributed by atoms with Crippen molar-refractivity contribution in [2.24, 2.45) is 34.8 Å². The number of piperidine rings is 1. The Morgan fingerprint density at radius 1 is 0.756 bits per heavy atom. The van der Waals surface area contributed by atoms with Gasteiger partial charge in [-0.15, -0.1) is 0 Å². The zero-order valence-electron chi connectivity index (χ0n) is 75.0. The van der Waals surface area contributed by atoms with Gasteiger partial charge in [-0.1, -0.05) is 71.9 Å². The van der Waals surface area contributed by atoms with Gasteiger partial charge in [0.2, 0.25) is 17.8 Å². The lowest BCUT2D eigenvalue weighted by Gasteiger charge is -2.63. The number of anilines is 3. The molecule has 2 aliphatic carbocycles. The average molecular weight is 1910 g/mol. The van der Waals surface area contributed by atoms with Crippen LogP contribution in [0.2, 0.25) is 0 Å². The fourth-order valence-corrected chi connectivity index (χ4v) is 23.1. The Hall–Kier alpha value is -12.7. The molecule has 726 valence electrons. The summed E-state index contributed by atoms with van der Waals surface area (Å²) >= 11 is 0. The summed E-state index contributed by atoms with van der Waals surface area (Å²) in [4.78, 5) is 223. The van der Waals surface area contributed by atoms with Gasteiger partial charge in [0, 0.05) is 122 Å². The van der Waals surface area contributed by atoms with Crippen molar-refractivity contribution in [2.45, 2.75) is 188 Å². The molecule has 16 atom stereocenters. The number of Topliss-reactive ketones (excluding diaryl/α,β-unsaturated/α-hetero) is 3. The molecule has 21 N–H and O–H groups in total. The van der Waals surface area contributed by atoms with Crippen LogP contribution >= 0.6 is 21.6 Å². The Labute approximate surface area is 781 Å². The summed E-state index contributed by atoms with van der Waals surface area (Å²) in [6.45, 7) is 6.04. The Kier molecular flexibility index (Phi) is 32.2. The number of aliphatic hydroxyl groups excluding tert-OH is 1. The third-order valence-electron chi connectivity index (χ3n) is 27.1. The number of ether oxygens (including phenoxy) is 3. The number of fused-ring (bicyclic) bond motifs is 6. The molecule has 12 rings (SSSR count). The number of benzene rings is 3. The highest BCUT2D eigenvalue weighted by atomic mass is 33.1. The summed E-state index contributed by atoms with van der Waals surface area (Å²) in [6.07, 6.45) is -3.02. The largest absolute Gasteiger partial charge is 0.496 e.